The number of ether oxygens (including phenoxy) is 2. The summed E-state index contributed by atoms with van der Waals surface area (Å²) < 4.78 is 21.0. The first kappa shape index (κ1) is 29.7. The van der Waals surface area contributed by atoms with E-state index in [-0.39, 0.29) is 5.04 Å². The van der Waals surface area contributed by atoms with E-state index in [2.05, 4.69) is 39.0 Å². The van der Waals surface area contributed by atoms with Crippen molar-refractivity contribution in [3.05, 3.63) is 35.7 Å². The second-order valence-corrected chi connectivity index (χ2v) is 19.0. The van der Waals surface area contributed by atoms with Crippen LogP contribution in [-0.2, 0) is 9.47 Å². The number of benzene rings is 1. The SMILES string of the molecule is CC(C)(C)OC(=O)On1c(-c2nn(C(=O)OC(C)(C)C)c3ccsc23)cc2ccc(O[Si](C)(C)C(C)(C)C)cc21. The maximum absolute atomic E-state index is 13.0. The van der Waals surface area contributed by atoms with Gasteiger partial charge < -0.3 is 18.7 Å². The minimum absolute atomic E-state index is 0.00139. The molecule has 0 saturated heterocycles. The Hall–Kier alpha value is -3.31. The van der Waals surface area contributed by atoms with Crippen molar-refractivity contribution in [3.63, 3.8) is 0 Å². The van der Waals surface area contributed by atoms with Crippen LogP contribution in [-0.4, -0.2) is 46.3 Å². The fourth-order valence-corrected chi connectivity index (χ4v) is 5.62. The normalized spacial score (nSPS) is 13.1. The highest BCUT2D eigenvalue weighted by molar-refractivity contribution is 7.17. The summed E-state index contributed by atoms with van der Waals surface area (Å²) >= 11 is 1.43. The number of hydrogen-bond acceptors (Lipinski definition) is 8. The zero-order valence-corrected chi connectivity index (χ0v) is 27.0. The van der Waals surface area contributed by atoms with E-state index in [0.29, 0.717) is 28.2 Å². The van der Waals surface area contributed by atoms with E-state index in [0.717, 1.165) is 10.1 Å². The van der Waals surface area contributed by atoms with Crippen LogP contribution in [0.15, 0.2) is 35.7 Å². The van der Waals surface area contributed by atoms with Crippen molar-refractivity contribution >= 4 is 53.0 Å². The molecule has 9 nitrogen and oxygen atoms in total. The second-order valence-electron chi connectivity index (χ2n) is 13.3. The Morgan fingerprint density at radius 1 is 0.875 bits per heavy atom. The van der Waals surface area contributed by atoms with Crippen LogP contribution in [0.2, 0.25) is 18.1 Å². The summed E-state index contributed by atoms with van der Waals surface area (Å²) in [5.41, 5.74) is 0.721. The summed E-state index contributed by atoms with van der Waals surface area (Å²) in [7, 11) is -2.13. The maximum atomic E-state index is 13.0. The Kier molecular flexibility index (Phi) is 7.38. The minimum Gasteiger partial charge on any atom is -0.543 e. The van der Waals surface area contributed by atoms with Crippen LogP contribution in [0.1, 0.15) is 62.3 Å². The highest BCUT2D eigenvalue weighted by atomic mass is 32.1. The largest absolute Gasteiger partial charge is 0.543 e. The number of hydrogen-bond donors (Lipinski definition) is 0. The predicted octanol–water partition coefficient (Wildman–Crippen LogP) is 8.25. The molecular formula is C29H39N3O6SSi. The Balaban J connectivity index is 1.88. The molecule has 0 atom stereocenters. The van der Waals surface area contributed by atoms with Crippen molar-refractivity contribution < 1.29 is 28.3 Å². The lowest BCUT2D eigenvalue weighted by Gasteiger charge is -2.36. The molecule has 4 rings (SSSR count). The number of rotatable bonds is 4. The van der Waals surface area contributed by atoms with Crippen molar-refractivity contribution in [1.82, 2.24) is 14.5 Å². The molecule has 0 spiro atoms. The molecule has 0 aliphatic carbocycles. The molecule has 0 aliphatic heterocycles. The molecule has 0 aliphatic rings. The zero-order chi connectivity index (χ0) is 29.8. The molecule has 40 heavy (non-hydrogen) atoms. The van der Waals surface area contributed by atoms with Gasteiger partial charge in [0.05, 0.1) is 15.7 Å². The molecule has 4 aromatic rings. The van der Waals surface area contributed by atoms with Gasteiger partial charge in [0.15, 0.2) is 0 Å². The molecule has 0 N–H and O–H groups in total. The third-order valence-electron chi connectivity index (χ3n) is 6.56. The van der Waals surface area contributed by atoms with Gasteiger partial charge in [-0.2, -0.15) is 14.5 Å². The number of carbonyl (C=O) groups excluding carboxylic acids is 2. The molecule has 3 heterocycles. The van der Waals surface area contributed by atoms with Crippen molar-refractivity contribution in [2.45, 2.75) is 91.6 Å². The fraction of sp³-hybridized carbons (Fsp3) is 0.483. The molecular weight excluding hydrogens is 546 g/mol. The van der Waals surface area contributed by atoms with Gasteiger partial charge in [0.2, 0.25) is 8.32 Å². The highest BCUT2D eigenvalue weighted by Crippen LogP contribution is 2.40. The van der Waals surface area contributed by atoms with Crippen LogP contribution in [0.4, 0.5) is 9.59 Å². The summed E-state index contributed by atoms with van der Waals surface area (Å²) in [6, 6.07) is 9.39. The Bertz CT molecular complexity index is 1580. The molecule has 0 radical (unpaired) electrons. The number of nitrogens with zero attached hydrogens (tertiary/aromatic N) is 3. The van der Waals surface area contributed by atoms with Gasteiger partial charge in [0.1, 0.15) is 28.3 Å². The summed E-state index contributed by atoms with van der Waals surface area (Å²) in [6.45, 7) is 21.6. The van der Waals surface area contributed by atoms with Gasteiger partial charge in [-0.15, -0.1) is 11.3 Å². The monoisotopic (exact) mass is 585 g/mol. The molecule has 0 saturated carbocycles. The summed E-state index contributed by atoms with van der Waals surface area (Å²) in [4.78, 5) is 31.7. The summed E-state index contributed by atoms with van der Waals surface area (Å²) in [5, 5.41) is 7.31. The Labute approximate surface area is 240 Å². The summed E-state index contributed by atoms with van der Waals surface area (Å²) in [5.74, 6) is 0.679. The molecule has 3 aromatic heterocycles. The van der Waals surface area contributed by atoms with Gasteiger partial charge in [-0.3, -0.25) is 0 Å². The second kappa shape index (κ2) is 9.95. The van der Waals surface area contributed by atoms with Crippen LogP contribution in [0, 0.1) is 0 Å². The van der Waals surface area contributed by atoms with E-state index in [4.69, 9.17) is 18.7 Å². The van der Waals surface area contributed by atoms with E-state index in [9.17, 15) is 9.59 Å². The van der Waals surface area contributed by atoms with Gasteiger partial charge in [-0.05, 0) is 89.3 Å². The first-order valence-electron chi connectivity index (χ1n) is 13.2. The maximum Gasteiger partial charge on any atom is 0.534 e. The average Bonchev–Trinajstić information content (AvgIpc) is 3.44. The van der Waals surface area contributed by atoms with Crippen molar-refractivity contribution in [1.29, 1.82) is 0 Å². The number of aromatic nitrogens is 3. The van der Waals surface area contributed by atoms with Gasteiger partial charge in [0, 0.05) is 11.5 Å². The van der Waals surface area contributed by atoms with E-state index < -0.39 is 31.8 Å². The first-order chi connectivity index (χ1) is 18.3. The van der Waals surface area contributed by atoms with Crippen molar-refractivity contribution in [2.75, 3.05) is 0 Å². The van der Waals surface area contributed by atoms with Crippen LogP contribution < -0.4 is 9.26 Å². The zero-order valence-electron chi connectivity index (χ0n) is 25.2. The van der Waals surface area contributed by atoms with E-state index in [1.54, 1.807) is 41.5 Å². The molecule has 0 amide bonds. The Morgan fingerprint density at radius 3 is 2.12 bits per heavy atom. The number of fused-ring (bicyclic) bond motifs is 2. The Morgan fingerprint density at radius 2 is 1.52 bits per heavy atom. The molecule has 216 valence electrons. The quantitative estimate of drug-likeness (QED) is 0.176. The van der Waals surface area contributed by atoms with Gasteiger partial charge in [-0.25, -0.2) is 9.59 Å². The van der Waals surface area contributed by atoms with E-state index in [1.807, 2.05) is 35.7 Å². The lowest BCUT2D eigenvalue weighted by Crippen LogP contribution is -2.43. The van der Waals surface area contributed by atoms with Gasteiger partial charge in [0.25, 0.3) is 0 Å². The molecule has 0 fully saturated rings. The highest BCUT2D eigenvalue weighted by Gasteiger charge is 2.39. The third-order valence-corrected chi connectivity index (χ3v) is 11.8. The molecule has 0 unspecified atom stereocenters. The molecule has 1 aromatic carbocycles. The lowest BCUT2D eigenvalue weighted by atomic mass is 10.2. The molecule has 0 bridgehead atoms. The van der Waals surface area contributed by atoms with Crippen molar-refractivity contribution in [2.24, 2.45) is 0 Å². The van der Waals surface area contributed by atoms with Crippen molar-refractivity contribution in [3.8, 4) is 17.1 Å². The van der Waals surface area contributed by atoms with E-state index in [1.165, 1.54) is 20.7 Å². The first-order valence-corrected chi connectivity index (χ1v) is 17.0. The predicted molar refractivity (Wildman–Crippen MR) is 161 cm³/mol. The standard InChI is InChI=1S/C29H39N3O6SSi/c1-27(2,3)35-25(33)31-20-14-15-39-24(20)23(30-31)22-16-18-12-13-19(38-40(10,11)29(7,8)9)17-21(18)32(22)37-26(34)36-28(4,5)6/h12-17H,1-11H3. The molecule has 11 heteroatoms. The average molecular weight is 586 g/mol. The smallest absolute Gasteiger partial charge is 0.534 e. The van der Waals surface area contributed by atoms with Gasteiger partial charge >= 0.3 is 12.2 Å². The van der Waals surface area contributed by atoms with Crippen LogP contribution in [0.5, 0.6) is 5.75 Å². The van der Waals surface area contributed by atoms with Crippen LogP contribution in [0.25, 0.3) is 32.5 Å². The van der Waals surface area contributed by atoms with E-state index >= 15 is 0 Å². The van der Waals surface area contributed by atoms with Crippen LogP contribution in [0.3, 0.4) is 0 Å². The number of thiophene rings is 1. The lowest BCUT2D eigenvalue weighted by molar-refractivity contribution is -0.00809. The number of carbonyl (C=O) groups is 2. The topological polar surface area (TPSA) is 93.8 Å². The fourth-order valence-electron chi connectivity index (χ4n) is 3.73. The van der Waals surface area contributed by atoms with Crippen LogP contribution >= 0.6 is 11.3 Å². The van der Waals surface area contributed by atoms with Gasteiger partial charge in [-0.1, -0.05) is 20.8 Å². The minimum atomic E-state index is -2.13. The summed E-state index contributed by atoms with van der Waals surface area (Å²) in [6.07, 6.45) is -1.46. The third kappa shape index (κ3) is 6.20.